The maximum absolute atomic E-state index is 12.9. The van der Waals surface area contributed by atoms with Crippen LogP contribution in [0.2, 0.25) is 0 Å². The van der Waals surface area contributed by atoms with E-state index in [4.69, 9.17) is 9.47 Å². The Hall–Kier alpha value is -2.93. The number of rotatable bonds is 8. The van der Waals surface area contributed by atoms with E-state index in [1.807, 2.05) is 24.3 Å². The molecule has 1 N–H and O–H groups in total. The van der Waals surface area contributed by atoms with E-state index >= 15 is 0 Å². The van der Waals surface area contributed by atoms with E-state index in [-0.39, 0.29) is 24.8 Å². The monoisotopic (exact) mass is 444 g/mol. The summed E-state index contributed by atoms with van der Waals surface area (Å²) in [5.74, 6) is 1.11. The first-order valence-corrected chi connectivity index (χ1v) is 9.41. The number of nitrogens with zero attached hydrogens (tertiary/aromatic N) is 1. The first-order chi connectivity index (χ1) is 13.6. The number of pyridine rings is 1. The lowest BCUT2D eigenvalue weighted by molar-refractivity contribution is -0.121. The minimum Gasteiger partial charge on any atom is -0.493 e. The molecule has 1 heterocycles. The lowest BCUT2D eigenvalue weighted by Gasteiger charge is -2.09. The molecule has 0 fully saturated rings. The summed E-state index contributed by atoms with van der Waals surface area (Å²) < 4.78 is 25.0. The van der Waals surface area contributed by atoms with E-state index in [1.54, 1.807) is 18.3 Å². The van der Waals surface area contributed by atoms with Crippen molar-refractivity contribution < 1.29 is 18.7 Å². The van der Waals surface area contributed by atoms with Crippen molar-refractivity contribution in [3.05, 3.63) is 82.7 Å². The molecule has 28 heavy (non-hydrogen) atoms. The molecule has 3 aromatic rings. The van der Waals surface area contributed by atoms with Gasteiger partial charge in [0.2, 0.25) is 11.8 Å². The van der Waals surface area contributed by atoms with Gasteiger partial charge in [-0.25, -0.2) is 9.37 Å². The molecule has 0 bridgehead atoms. The van der Waals surface area contributed by atoms with Gasteiger partial charge in [-0.2, -0.15) is 0 Å². The molecule has 7 heteroatoms. The molecule has 0 spiro atoms. The Kier molecular flexibility index (Phi) is 6.97. The Morgan fingerprint density at radius 2 is 1.89 bits per heavy atom. The van der Waals surface area contributed by atoms with Gasteiger partial charge in [-0.3, -0.25) is 4.79 Å². The summed E-state index contributed by atoms with van der Waals surface area (Å²) in [6, 6.07) is 16.6. The number of hydrogen-bond donors (Lipinski definition) is 1. The van der Waals surface area contributed by atoms with Gasteiger partial charge in [-0.1, -0.05) is 22.0 Å². The largest absolute Gasteiger partial charge is 0.493 e. The van der Waals surface area contributed by atoms with E-state index in [2.05, 4.69) is 26.2 Å². The molecule has 0 saturated heterocycles. The van der Waals surface area contributed by atoms with Gasteiger partial charge in [0.05, 0.1) is 13.0 Å². The van der Waals surface area contributed by atoms with E-state index in [0.29, 0.717) is 23.9 Å². The summed E-state index contributed by atoms with van der Waals surface area (Å²) in [5.41, 5.74) is 0.841. The van der Waals surface area contributed by atoms with Crippen molar-refractivity contribution in [2.24, 2.45) is 0 Å². The molecule has 0 radical (unpaired) electrons. The molecule has 0 aliphatic heterocycles. The summed E-state index contributed by atoms with van der Waals surface area (Å²) in [6.07, 6.45) is 1.84. The van der Waals surface area contributed by atoms with E-state index in [1.165, 1.54) is 24.3 Å². The topological polar surface area (TPSA) is 60.5 Å². The van der Waals surface area contributed by atoms with E-state index in [9.17, 15) is 9.18 Å². The molecule has 2 aromatic carbocycles. The van der Waals surface area contributed by atoms with Crippen LogP contribution in [-0.4, -0.2) is 17.5 Å². The second kappa shape index (κ2) is 9.85. The van der Waals surface area contributed by atoms with Crippen molar-refractivity contribution in [1.82, 2.24) is 10.3 Å². The Morgan fingerprint density at radius 1 is 1.07 bits per heavy atom. The Morgan fingerprint density at radius 3 is 2.68 bits per heavy atom. The molecular formula is C21H18BrFN2O3. The minimum atomic E-state index is -0.333. The number of amides is 1. The van der Waals surface area contributed by atoms with Gasteiger partial charge in [-0.05, 0) is 54.1 Å². The van der Waals surface area contributed by atoms with Crippen LogP contribution < -0.4 is 14.8 Å². The summed E-state index contributed by atoms with van der Waals surface area (Å²) in [6.45, 7) is 0.635. The maximum Gasteiger partial charge on any atom is 0.223 e. The van der Waals surface area contributed by atoms with Gasteiger partial charge in [-0.15, -0.1) is 0 Å². The normalized spacial score (nSPS) is 10.4. The van der Waals surface area contributed by atoms with Gasteiger partial charge in [0.1, 0.15) is 17.3 Å². The lowest BCUT2D eigenvalue weighted by Crippen LogP contribution is -2.24. The highest BCUT2D eigenvalue weighted by molar-refractivity contribution is 9.10. The van der Waals surface area contributed by atoms with Crippen molar-refractivity contribution in [2.75, 3.05) is 6.61 Å². The average Bonchev–Trinajstić information content (AvgIpc) is 2.69. The molecule has 0 aliphatic carbocycles. The number of carbonyl (C=O) groups excluding carboxylic acids is 1. The zero-order chi connectivity index (χ0) is 19.8. The minimum absolute atomic E-state index is 0.118. The highest BCUT2D eigenvalue weighted by atomic mass is 79.9. The molecule has 144 valence electrons. The van der Waals surface area contributed by atoms with Crippen molar-refractivity contribution >= 4 is 21.8 Å². The van der Waals surface area contributed by atoms with Gasteiger partial charge in [0.25, 0.3) is 0 Å². The molecular weight excluding hydrogens is 427 g/mol. The second-order valence-electron chi connectivity index (χ2n) is 5.89. The molecule has 0 aliphatic rings. The number of nitrogens with one attached hydrogen (secondary N) is 1. The van der Waals surface area contributed by atoms with Crippen LogP contribution in [0.3, 0.4) is 0 Å². The number of aromatic nitrogens is 1. The van der Waals surface area contributed by atoms with Crippen molar-refractivity contribution in [3.63, 3.8) is 0 Å². The predicted molar refractivity (Wildman–Crippen MR) is 107 cm³/mol. The van der Waals surface area contributed by atoms with Gasteiger partial charge < -0.3 is 14.8 Å². The van der Waals surface area contributed by atoms with Crippen LogP contribution in [0.1, 0.15) is 12.0 Å². The van der Waals surface area contributed by atoms with Crippen LogP contribution in [0.5, 0.6) is 17.4 Å². The quantitative estimate of drug-likeness (QED) is 0.538. The molecule has 0 unspecified atom stereocenters. The Balaban J connectivity index is 1.44. The van der Waals surface area contributed by atoms with Gasteiger partial charge in [0.15, 0.2) is 0 Å². The van der Waals surface area contributed by atoms with Gasteiger partial charge in [0, 0.05) is 23.3 Å². The summed E-state index contributed by atoms with van der Waals surface area (Å²) >= 11 is 3.37. The zero-order valence-corrected chi connectivity index (χ0v) is 16.5. The van der Waals surface area contributed by atoms with Crippen LogP contribution in [0.25, 0.3) is 0 Å². The number of carbonyl (C=O) groups is 1. The highest BCUT2D eigenvalue weighted by Crippen LogP contribution is 2.20. The molecule has 3 rings (SSSR count). The SMILES string of the molecule is O=C(CCOc1cccc(Br)c1)NCc1ccnc(Oc2ccc(F)cc2)c1. The number of benzene rings is 2. The van der Waals surface area contributed by atoms with Crippen molar-refractivity contribution in [2.45, 2.75) is 13.0 Å². The van der Waals surface area contributed by atoms with Gasteiger partial charge >= 0.3 is 0 Å². The van der Waals surface area contributed by atoms with Crippen molar-refractivity contribution in [3.8, 4) is 17.4 Å². The third kappa shape index (κ3) is 6.35. The fourth-order valence-corrected chi connectivity index (χ4v) is 2.73. The molecule has 0 atom stereocenters. The van der Waals surface area contributed by atoms with Crippen LogP contribution in [0.15, 0.2) is 71.3 Å². The average molecular weight is 445 g/mol. The molecule has 0 saturated carbocycles. The smallest absolute Gasteiger partial charge is 0.223 e. The maximum atomic E-state index is 12.9. The van der Waals surface area contributed by atoms with Crippen LogP contribution in [-0.2, 0) is 11.3 Å². The predicted octanol–water partition coefficient (Wildman–Crippen LogP) is 4.86. The number of hydrogen-bond acceptors (Lipinski definition) is 4. The lowest BCUT2D eigenvalue weighted by atomic mass is 10.2. The zero-order valence-electron chi connectivity index (χ0n) is 14.9. The fraction of sp³-hybridized carbons (Fsp3) is 0.143. The van der Waals surface area contributed by atoms with Crippen LogP contribution in [0, 0.1) is 5.82 Å². The summed E-state index contributed by atoms with van der Waals surface area (Å²) in [7, 11) is 0. The second-order valence-corrected chi connectivity index (χ2v) is 6.81. The van der Waals surface area contributed by atoms with Crippen LogP contribution >= 0.6 is 15.9 Å². The third-order valence-electron chi connectivity index (χ3n) is 3.72. The van der Waals surface area contributed by atoms with E-state index in [0.717, 1.165) is 10.0 Å². The first kappa shape index (κ1) is 19.8. The fourth-order valence-electron chi connectivity index (χ4n) is 2.35. The van der Waals surface area contributed by atoms with Crippen molar-refractivity contribution in [1.29, 1.82) is 0 Å². The first-order valence-electron chi connectivity index (χ1n) is 8.62. The highest BCUT2D eigenvalue weighted by Gasteiger charge is 2.05. The standard InChI is InChI=1S/C21H18BrFN2O3/c22-16-2-1-3-19(13-16)27-11-9-20(26)25-14-15-8-10-24-21(12-15)28-18-6-4-17(23)5-7-18/h1-8,10,12-13H,9,11,14H2,(H,25,26). The Labute approximate surface area is 170 Å². The third-order valence-corrected chi connectivity index (χ3v) is 4.21. The summed E-state index contributed by atoms with van der Waals surface area (Å²) in [4.78, 5) is 16.1. The van der Waals surface area contributed by atoms with E-state index < -0.39 is 0 Å². The van der Waals surface area contributed by atoms with Crippen LogP contribution in [0.4, 0.5) is 4.39 Å². The number of ether oxygens (including phenoxy) is 2. The molecule has 1 aromatic heterocycles. The Bertz CT molecular complexity index is 935. The molecule has 5 nitrogen and oxygen atoms in total. The number of halogens is 2. The summed E-state index contributed by atoms with van der Waals surface area (Å²) in [5, 5.41) is 2.83. The molecule has 1 amide bonds.